The molecule has 0 heterocycles. The molecule has 6 nitrogen and oxygen atoms in total. The Bertz CT molecular complexity index is 478. The van der Waals surface area contributed by atoms with Crippen LogP contribution < -0.4 is 4.74 Å². The average molecular weight is 264 g/mol. The van der Waals surface area contributed by atoms with Gasteiger partial charge in [0.25, 0.3) is 0 Å². The van der Waals surface area contributed by atoms with Crippen LogP contribution in [0.4, 0.5) is 5.69 Å². The zero-order chi connectivity index (χ0) is 14.3. The van der Waals surface area contributed by atoms with Crippen molar-refractivity contribution < 1.29 is 28.4 Å². The number of hydrogen-bond acceptors (Lipinski definition) is 5. The van der Waals surface area contributed by atoms with Gasteiger partial charge in [-0.2, -0.15) is 0 Å². The maximum atomic E-state index is 11.3. The first-order valence-corrected chi connectivity index (χ1v) is 5.31. The fraction of sp³-hybridized carbons (Fsp3) is 0.231. The Labute approximate surface area is 111 Å². The molecule has 0 atom stereocenters. The Morgan fingerprint density at radius 1 is 1.11 bits per heavy atom. The molecule has 0 N–H and O–H groups in total. The van der Waals surface area contributed by atoms with E-state index in [9.17, 15) is 9.59 Å². The lowest BCUT2D eigenvalue weighted by atomic mass is 10.3. The second kappa shape index (κ2) is 7.05. The van der Waals surface area contributed by atoms with Crippen molar-refractivity contribution in [2.45, 2.75) is 0 Å². The van der Waals surface area contributed by atoms with E-state index in [0.29, 0.717) is 11.4 Å². The van der Waals surface area contributed by atoms with Crippen molar-refractivity contribution in [3.05, 3.63) is 30.8 Å². The molecule has 1 aromatic rings. The van der Waals surface area contributed by atoms with Crippen molar-refractivity contribution in [1.82, 2.24) is 0 Å². The fourth-order valence-corrected chi connectivity index (χ4v) is 1.22. The molecule has 0 saturated carbocycles. The second-order valence-corrected chi connectivity index (χ2v) is 3.32. The fourth-order valence-electron chi connectivity index (χ4n) is 1.22. The summed E-state index contributed by atoms with van der Waals surface area (Å²) in [5.74, 6) is -0.678. The van der Waals surface area contributed by atoms with Gasteiger partial charge in [-0.3, -0.25) is 9.59 Å². The quantitative estimate of drug-likeness (QED) is 0.259. The van der Waals surface area contributed by atoms with Gasteiger partial charge in [0, 0.05) is 0 Å². The molecule has 1 rings (SSSR count). The highest BCUT2D eigenvalue weighted by Gasteiger charge is 2.11. The number of rotatable bonds is 5. The summed E-state index contributed by atoms with van der Waals surface area (Å²) in [5.41, 5.74) is 0.539. The SMILES string of the molecule is COC(=O)[C-][N+](=CC(=O)OC)c1ccc(OC)cc1. The first-order valence-electron chi connectivity index (χ1n) is 5.31. The molecular weight excluding hydrogens is 250 g/mol. The predicted molar refractivity (Wildman–Crippen MR) is 66.3 cm³/mol. The van der Waals surface area contributed by atoms with Crippen LogP contribution in [0, 0.1) is 6.54 Å². The monoisotopic (exact) mass is 264 g/mol. The third kappa shape index (κ3) is 4.34. The van der Waals surface area contributed by atoms with Gasteiger partial charge in [0.2, 0.25) is 6.54 Å². The number of esters is 2. The van der Waals surface area contributed by atoms with Crippen LogP contribution in [0.25, 0.3) is 0 Å². The Morgan fingerprint density at radius 2 is 1.74 bits per heavy atom. The van der Waals surface area contributed by atoms with Gasteiger partial charge in [0.15, 0.2) is 6.21 Å². The molecule has 6 heteroatoms. The largest absolute Gasteiger partial charge is 0.497 e. The van der Waals surface area contributed by atoms with Gasteiger partial charge in [0.05, 0.1) is 21.3 Å². The van der Waals surface area contributed by atoms with E-state index in [2.05, 4.69) is 16.0 Å². The molecule has 0 fully saturated rings. The molecule has 0 aliphatic carbocycles. The van der Waals surface area contributed by atoms with Crippen LogP contribution in [0.15, 0.2) is 24.3 Å². The molecule has 0 aliphatic heterocycles. The summed E-state index contributed by atoms with van der Waals surface area (Å²) >= 11 is 0. The standard InChI is InChI=1S/C13H14NO5/c1-17-11-6-4-10(5-7-11)14(8-12(15)18-2)9-13(16)19-3/h4-8H,1-3H3. The number of benzene rings is 1. The highest BCUT2D eigenvalue weighted by molar-refractivity contribution is 6.21. The number of carbonyl (C=O) groups is 2. The highest BCUT2D eigenvalue weighted by atomic mass is 16.5. The summed E-state index contributed by atoms with van der Waals surface area (Å²) in [5, 5.41) is 0. The maximum absolute atomic E-state index is 11.3. The molecule has 19 heavy (non-hydrogen) atoms. The van der Waals surface area contributed by atoms with Crippen LogP contribution in [0.1, 0.15) is 0 Å². The number of hydrogen-bond donors (Lipinski definition) is 0. The van der Waals surface area contributed by atoms with E-state index >= 15 is 0 Å². The van der Waals surface area contributed by atoms with E-state index in [1.54, 1.807) is 31.4 Å². The lowest BCUT2D eigenvalue weighted by molar-refractivity contribution is -0.385. The van der Waals surface area contributed by atoms with Gasteiger partial charge in [-0.1, -0.05) is 0 Å². The van der Waals surface area contributed by atoms with Crippen LogP contribution in [-0.2, 0) is 19.1 Å². The van der Waals surface area contributed by atoms with Gasteiger partial charge in [0.1, 0.15) is 11.4 Å². The topological polar surface area (TPSA) is 64.8 Å². The zero-order valence-electron chi connectivity index (χ0n) is 10.9. The van der Waals surface area contributed by atoms with Crippen molar-refractivity contribution in [3.8, 4) is 5.75 Å². The van der Waals surface area contributed by atoms with Crippen molar-refractivity contribution in [2.75, 3.05) is 21.3 Å². The summed E-state index contributed by atoms with van der Waals surface area (Å²) < 4.78 is 15.2. The summed E-state index contributed by atoms with van der Waals surface area (Å²) in [4.78, 5) is 22.5. The smallest absolute Gasteiger partial charge is 0.339 e. The summed E-state index contributed by atoms with van der Waals surface area (Å²) in [6, 6.07) is 6.70. The van der Waals surface area contributed by atoms with Crippen LogP contribution in [0.3, 0.4) is 0 Å². The molecule has 0 aromatic heterocycles. The highest BCUT2D eigenvalue weighted by Crippen LogP contribution is 2.18. The van der Waals surface area contributed by atoms with Gasteiger partial charge in [-0.05, 0) is 24.3 Å². The summed E-state index contributed by atoms with van der Waals surface area (Å²) in [6.45, 7) is 2.36. The van der Waals surface area contributed by atoms with Crippen molar-refractivity contribution >= 4 is 23.8 Å². The summed E-state index contributed by atoms with van der Waals surface area (Å²) in [7, 11) is 4.00. The number of methoxy groups -OCH3 is 3. The first kappa shape index (κ1) is 14.6. The average Bonchev–Trinajstić information content (AvgIpc) is 2.46. The molecule has 0 spiro atoms. The number of ether oxygens (including phenoxy) is 3. The van der Waals surface area contributed by atoms with Gasteiger partial charge in [-0.25, -0.2) is 0 Å². The van der Waals surface area contributed by atoms with Gasteiger partial charge >= 0.3 is 11.9 Å². The lowest BCUT2D eigenvalue weighted by Gasteiger charge is -2.09. The molecule has 0 amide bonds. The molecule has 0 saturated heterocycles. The van der Waals surface area contributed by atoms with E-state index in [-0.39, 0.29) is 0 Å². The molecule has 1 radical (unpaired) electrons. The minimum absolute atomic E-state index is 0.539. The van der Waals surface area contributed by atoms with Crippen LogP contribution in [0.2, 0.25) is 0 Å². The minimum Gasteiger partial charge on any atom is -0.497 e. The zero-order valence-corrected chi connectivity index (χ0v) is 10.9. The molecule has 101 valence electrons. The second-order valence-electron chi connectivity index (χ2n) is 3.32. The number of nitrogens with zero attached hydrogens (tertiary/aromatic N) is 1. The summed E-state index contributed by atoms with van der Waals surface area (Å²) in [6.07, 6.45) is 1.08. The predicted octanol–water partition coefficient (Wildman–Crippen LogP) is 0.795. The Hall–Kier alpha value is -2.50. The third-order valence-electron chi connectivity index (χ3n) is 2.18. The molecule has 1 aromatic carbocycles. The van der Waals surface area contributed by atoms with Crippen LogP contribution >= 0.6 is 0 Å². The van der Waals surface area contributed by atoms with Crippen molar-refractivity contribution in [3.63, 3.8) is 0 Å². The van der Waals surface area contributed by atoms with E-state index in [1.165, 1.54) is 18.8 Å². The number of carbonyl (C=O) groups excluding carboxylic acids is 2. The molecular formula is C13H14NO5. The maximum Gasteiger partial charge on any atom is 0.339 e. The van der Waals surface area contributed by atoms with E-state index in [1.807, 2.05) is 0 Å². The van der Waals surface area contributed by atoms with E-state index in [4.69, 9.17) is 4.74 Å². The first-order chi connectivity index (χ1) is 9.10. The normalized spacial score (nSPS) is 10.6. The van der Waals surface area contributed by atoms with Gasteiger partial charge < -0.3 is 18.8 Å². The van der Waals surface area contributed by atoms with E-state index < -0.39 is 11.9 Å². The third-order valence-corrected chi connectivity index (χ3v) is 2.18. The molecule has 0 bridgehead atoms. The van der Waals surface area contributed by atoms with Crippen LogP contribution in [-0.4, -0.2) is 44.1 Å². The van der Waals surface area contributed by atoms with E-state index in [0.717, 1.165) is 6.21 Å². The Balaban J connectivity index is 3.03. The minimum atomic E-state index is -0.712. The Morgan fingerprint density at radius 3 is 2.21 bits per heavy atom. The van der Waals surface area contributed by atoms with Crippen molar-refractivity contribution in [1.29, 1.82) is 0 Å². The van der Waals surface area contributed by atoms with Crippen LogP contribution in [0.5, 0.6) is 5.75 Å². The van der Waals surface area contributed by atoms with Gasteiger partial charge in [-0.15, -0.1) is 0 Å². The molecule has 0 unspecified atom stereocenters. The van der Waals surface area contributed by atoms with Crippen molar-refractivity contribution in [2.24, 2.45) is 0 Å². The Kier molecular flexibility index (Phi) is 5.40. The lowest BCUT2D eigenvalue weighted by Crippen LogP contribution is -2.17. The molecule has 0 aliphatic rings.